The van der Waals surface area contributed by atoms with E-state index in [1.54, 1.807) is 27.7 Å². The van der Waals surface area contributed by atoms with Gasteiger partial charge in [-0.25, -0.2) is 33.7 Å². The zero-order valence-electron chi connectivity index (χ0n) is 31.1. The van der Waals surface area contributed by atoms with E-state index in [1.807, 2.05) is 0 Å². The minimum Gasteiger partial charge on any atom is -0.399 e. The quantitative estimate of drug-likeness (QED) is 0.124. The number of fused-ring (bicyclic) bond motifs is 2. The number of alkyl halides is 6. The van der Waals surface area contributed by atoms with Crippen molar-refractivity contribution >= 4 is 125 Å². The maximum Gasteiger partial charge on any atom is 0.497 e. The zero-order valence-corrected chi connectivity index (χ0v) is 37.5. The van der Waals surface area contributed by atoms with E-state index in [9.17, 15) is 60.0 Å². The van der Waals surface area contributed by atoms with Crippen LogP contribution >= 0.6 is 39.1 Å². The maximum atomic E-state index is 13.4. The van der Waals surface area contributed by atoms with Gasteiger partial charge in [-0.1, -0.05) is 51.5 Å². The van der Waals surface area contributed by atoms with E-state index < -0.39 is 95.5 Å². The van der Waals surface area contributed by atoms with Gasteiger partial charge in [0, 0.05) is 9.94 Å². The molecule has 0 atom stereocenters. The summed E-state index contributed by atoms with van der Waals surface area (Å²) in [5, 5.41) is 6.42. The van der Waals surface area contributed by atoms with Crippen molar-refractivity contribution in [3.05, 3.63) is 38.8 Å². The molecule has 2 aromatic heterocycles. The third-order valence-corrected chi connectivity index (χ3v) is 16.0. The Labute approximate surface area is 369 Å². The summed E-state index contributed by atoms with van der Waals surface area (Å²) in [6.07, 6.45) is -7.09. The van der Waals surface area contributed by atoms with Crippen LogP contribution in [0.3, 0.4) is 0 Å². The van der Waals surface area contributed by atoms with E-state index in [0.29, 0.717) is 34.4 Å². The molecule has 1 saturated heterocycles. The lowest BCUT2D eigenvalue weighted by Crippen LogP contribution is -2.41. The van der Waals surface area contributed by atoms with Gasteiger partial charge in [-0.05, 0) is 61.8 Å². The lowest BCUT2D eigenvalue weighted by molar-refractivity contribution is -0.142. The summed E-state index contributed by atoms with van der Waals surface area (Å²) in [4.78, 5) is 0. The molecule has 0 radical (unpaired) electrons. The largest absolute Gasteiger partial charge is 0.497 e. The topological polar surface area (TPSA) is 197 Å². The van der Waals surface area contributed by atoms with Gasteiger partial charge in [-0.2, -0.15) is 36.5 Å². The Kier molecular flexibility index (Phi) is 16.8. The predicted octanol–water partition coefficient (Wildman–Crippen LogP) is 6.93. The van der Waals surface area contributed by atoms with Gasteiger partial charge in [-0.3, -0.25) is 9.36 Å². The standard InChI is InChI=1S/C17H22BClF3N3O6S2.C11H10BrClF3N3O4S2.3CH4/c1-15(2)16(3,4)31-18(30-15)10-7-8-11(19)12-13(10)24(9-17(20,21)22)23-14(12)25(32(5,26)27)33(6,28)29;1-24(20,21)19(25(2,22)23)10-8-7(13)4-3-6(12)9(8)18(17-10)5-11(14,15)16;;;/h7-8H,9H2,1-6H3;3-4H,5H2,1-2H3;3*1H4. The van der Waals surface area contributed by atoms with Crippen LogP contribution in [-0.4, -0.2) is 109 Å². The minimum atomic E-state index is -4.77. The number of sulfonamides is 4. The Morgan fingerprint density at radius 2 is 0.951 bits per heavy atom. The molecule has 16 nitrogen and oxygen atoms in total. The molecule has 5 rings (SSSR count). The van der Waals surface area contributed by atoms with E-state index in [1.165, 1.54) is 24.3 Å². The fourth-order valence-electron chi connectivity index (χ4n) is 5.61. The second-order valence-electron chi connectivity index (χ2n) is 13.8. The molecule has 348 valence electrons. The van der Waals surface area contributed by atoms with Gasteiger partial charge in [0.15, 0.2) is 11.6 Å². The normalized spacial score (nSPS) is 15.7. The van der Waals surface area contributed by atoms with Crippen LogP contribution in [0.5, 0.6) is 0 Å². The van der Waals surface area contributed by atoms with E-state index in [4.69, 9.17) is 32.5 Å². The SMILES string of the molecule is C.C.C.CC1(C)OB(c2ccc(Cl)c3c(N(S(C)(=O)=O)S(C)(=O)=O)nn(CC(F)(F)F)c23)OC1(C)C.CS(=O)(=O)N(c1nn(CC(F)(F)F)c2c(Br)ccc(Cl)c12)S(C)(=O)=O. The highest BCUT2D eigenvalue weighted by Gasteiger charge is 2.53. The summed E-state index contributed by atoms with van der Waals surface area (Å²) in [7, 11) is -19.0. The molecule has 61 heavy (non-hydrogen) atoms. The summed E-state index contributed by atoms with van der Waals surface area (Å²) < 4.78 is 189. The van der Waals surface area contributed by atoms with Crippen LogP contribution < -0.4 is 12.9 Å². The van der Waals surface area contributed by atoms with Crippen LogP contribution in [0.4, 0.5) is 38.0 Å². The molecule has 4 aromatic rings. The van der Waals surface area contributed by atoms with E-state index >= 15 is 0 Å². The highest BCUT2D eigenvalue weighted by Crippen LogP contribution is 2.41. The average molecular weight is 1060 g/mol. The molecule has 0 saturated carbocycles. The van der Waals surface area contributed by atoms with Gasteiger partial charge < -0.3 is 9.31 Å². The summed E-state index contributed by atoms with van der Waals surface area (Å²) in [6, 6.07) is 5.28. The third-order valence-electron chi connectivity index (χ3n) is 8.35. The molecule has 0 N–H and O–H groups in total. The number of nitrogens with zero attached hydrogens (tertiary/aromatic N) is 6. The van der Waals surface area contributed by atoms with Crippen LogP contribution in [0.25, 0.3) is 21.8 Å². The van der Waals surface area contributed by atoms with Crippen molar-refractivity contribution in [2.75, 3.05) is 32.4 Å². The molecule has 2 aromatic carbocycles. The van der Waals surface area contributed by atoms with Crippen molar-refractivity contribution in [3.63, 3.8) is 0 Å². The predicted molar refractivity (Wildman–Crippen MR) is 230 cm³/mol. The number of aromatic nitrogens is 4. The van der Waals surface area contributed by atoms with Gasteiger partial charge in [0.05, 0.1) is 68.1 Å². The Morgan fingerprint density at radius 1 is 0.639 bits per heavy atom. The lowest BCUT2D eigenvalue weighted by Gasteiger charge is -2.32. The molecular weight excluding hydrogens is 1020 g/mol. The first-order chi connectivity index (χ1) is 25.8. The molecule has 0 spiro atoms. The molecule has 0 aliphatic carbocycles. The Morgan fingerprint density at radius 3 is 1.28 bits per heavy atom. The lowest BCUT2D eigenvalue weighted by atomic mass is 9.77. The zero-order chi connectivity index (χ0) is 44.7. The Balaban J connectivity index is 0.000000602. The number of halogens is 9. The van der Waals surface area contributed by atoms with Crippen LogP contribution in [0.2, 0.25) is 10.0 Å². The highest BCUT2D eigenvalue weighted by molar-refractivity contribution is 9.10. The van der Waals surface area contributed by atoms with E-state index in [0.717, 1.165) is 0 Å². The molecular formula is C31H44BBrCl2F6N6O10S4. The molecule has 1 aliphatic rings. The van der Waals surface area contributed by atoms with Crippen LogP contribution in [0.1, 0.15) is 50.0 Å². The highest BCUT2D eigenvalue weighted by atomic mass is 79.9. The molecule has 30 heteroatoms. The Hall–Kier alpha value is -2.60. The number of hydrogen-bond donors (Lipinski definition) is 0. The van der Waals surface area contributed by atoms with Crippen molar-refractivity contribution in [2.24, 2.45) is 0 Å². The van der Waals surface area contributed by atoms with E-state index in [2.05, 4.69) is 26.1 Å². The first-order valence-corrected chi connectivity index (χ1v) is 24.7. The molecule has 1 fully saturated rings. The second-order valence-corrected chi connectivity index (χ2v) is 23.3. The first kappa shape index (κ1) is 56.4. The summed E-state index contributed by atoms with van der Waals surface area (Å²) in [5.74, 6) is -1.50. The van der Waals surface area contributed by atoms with Gasteiger partial charge in [0.1, 0.15) is 13.1 Å². The Bertz CT molecular complexity index is 2670. The molecule has 1 aliphatic heterocycles. The number of anilines is 2. The van der Waals surface area contributed by atoms with Crippen LogP contribution in [0.15, 0.2) is 28.7 Å². The van der Waals surface area contributed by atoms with Crippen molar-refractivity contribution in [3.8, 4) is 0 Å². The van der Waals surface area contributed by atoms with Crippen molar-refractivity contribution in [1.82, 2.24) is 19.6 Å². The number of hydrogen-bond acceptors (Lipinski definition) is 12. The smallest absolute Gasteiger partial charge is 0.399 e. The fourth-order valence-corrected chi connectivity index (χ4v) is 12.3. The van der Waals surface area contributed by atoms with Crippen molar-refractivity contribution in [1.29, 1.82) is 0 Å². The minimum absolute atomic E-state index is 0. The summed E-state index contributed by atoms with van der Waals surface area (Å²) in [5.41, 5.74) is -2.04. The maximum absolute atomic E-state index is 13.4. The third kappa shape index (κ3) is 12.2. The molecule has 0 unspecified atom stereocenters. The van der Waals surface area contributed by atoms with Crippen molar-refractivity contribution in [2.45, 2.75) is 86.6 Å². The summed E-state index contributed by atoms with van der Waals surface area (Å²) in [6.45, 7) is 3.77. The van der Waals surface area contributed by atoms with Gasteiger partial charge >= 0.3 is 19.5 Å². The number of benzene rings is 2. The van der Waals surface area contributed by atoms with Crippen molar-refractivity contribution < 1.29 is 69.3 Å². The average Bonchev–Trinajstić information content (AvgIpc) is 3.56. The van der Waals surface area contributed by atoms with Crippen LogP contribution in [-0.2, 0) is 62.5 Å². The second kappa shape index (κ2) is 18.1. The molecule has 0 bridgehead atoms. The van der Waals surface area contributed by atoms with Gasteiger partial charge in [0.25, 0.3) is 0 Å². The van der Waals surface area contributed by atoms with Gasteiger partial charge in [0.2, 0.25) is 40.1 Å². The molecule has 3 heterocycles. The summed E-state index contributed by atoms with van der Waals surface area (Å²) >= 11 is 15.3. The molecule has 0 amide bonds. The van der Waals surface area contributed by atoms with E-state index in [-0.39, 0.29) is 71.5 Å². The number of rotatable bonds is 9. The van der Waals surface area contributed by atoms with Gasteiger partial charge in [-0.15, -0.1) is 7.42 Å². The fraction of sp³-hybridized carbons (Fsp3) is 0.548. The van der Waals surface area contributed by atoms with Crippen LogP contribution in [0, 0.1) is 0 Å². The monoisotopic (exact) mass is 1060 g/mol. The first-order valence-electron chi connectivity index (χ1n) is 15.7.